The second-order valence-corrected chi connectivity index (χ2v) is 9.48. The number of nitrogen functional groups attached to an aromatic ring is 1. The molecule has 24 heavy (non-hydrogen) atoms. The Labute approximate surface area is 146 Å². The molecule has 130 valence electrons. The van der Waals surface area contributed by atoms with Crippen molar-refractivity contribution < 1.29 is 8.42 Å². The summed E-state index contributed by atoms with van der Waals surface area (Å²) in [5.41, 5.74) is 7.88. The number of thiazole rings is 1. The van der Waals surface area contributed by atoms with Crippen LogP contribution in [0.25, 0.3) is 0 Å². The molecule has 0 saturated heterocycles. The van der Waals surface area contributed by atoms with Crippen LogP contribution in [0.15, 0.2) is 23.1 Å². The number of anilines is 2. The molecule has 1 aliphatic carbocycles. The SMILES string of the molecule is Cc1nc(C)c(CNc2ccc(S(=O)(=O)NC3(C)CC3)cc2N)s1. The Morgan fingerprint density at radius 3 is 2.58 bits per heavy atom. The highest BCUT2D eigenvalue weighted by atomic mass is 32.2. The Bertz CT molecular complexity index is 870. The van der Waals surface area contributed by atoms with Crippen LogP contribution in [0.2, 0.25) is 0 Å². The first-order valence-corrected chi connectivity index (χ1v) is 10.1. The van der Waals surface area contributed by atoms with E-state index in [4.69, 9.17) is 5.73 Å². The van der Waals surface area contributed by atoms with E-state index < -0.39 is 10.0 Å². The van der Waals surface area contributed by atoms with Crippen molar-refractivity contribution >= 4 is 32.7 Å². The summed E-state index contributed by atoms with van der Waals surface area (Å²) in [6.07, 6.45) is 1.74. The summed E-state index contributed by atoms with van der Waals surface area (Å²) in [7, 11) is -3.53. The zero-order valence-electron chi connectivity index (χ0n) is 14.0. The predicted octanol–water partition coefficient (Wildman–Crippen LogP) is 2.79. The molecule has 1 aromatic carbocycles. The van der Waals surface area contributed by atoms with Gasteiger partial charge in [0.15, 0.2) is 0 Å². The second kappa shape index (κ2) is 6.02. The average Bonchev–Trinajstić information content (AvgIpc) is 3.10. The molecule has 0 atom stereocenters. The van der Waals surface area contributed by atoms with Crippen molar-refractivity contribution in [2.24, 2.45) is 0 Å². The fourth-order valence-corrected chi connectivity index (χ4v) is 4.83. The van der Waals surface area contributed by atoms with Gasteiger partial charge in [0.25, 0.3) is 0 Å². The maximum Gasteiger partial charge on any atom is 0.241 e. The molecule has 0 bridgehead atoms. The molecular formula is C16H22N4O2S2. The van der Waals surface area contributed by atoms with Crippen LogP contribution in [0.1, 0.15) is 35.3 Å². The van der Waals surface area contributed by atoms with Crippen molar-refractivity contribution in [1.82, 2.24) is 9.71 Å². The van der Waals surface area contributed by atoms with Gasteiger partial charge >= 0.3 is 0 Å². The lowest BCUT2D eigenvalue weighted by Gasteiger charge is -2.14. The molecule has 8 heteroatoms. The average molecular weight is 367 g/mol. The fourth-order valence-electron chi connectivity index (χ4n) is 2.45. The molecule has 0 unspecified atom stereocenters. The number of hydrogen-bond donors (Lipinski definition) is 3. The Balaban J connectivity index is 1.74. The Morgan fingerprint density at radius 2 is 2.04 bits per heavy atom. The lowest BCUT2D eigenvalue weighted by Crippen LogP contribution is -2.34. The van der Waals surface area contributed by atoms with Crippen LogP contribution in [0, 0.1) is 13.8 Å². The van der Waals surface area contributed by atoms with E-state index in [1.54, 1.807) is 23.5 Å². The van der Waals surface area contributed by atoms with Gasteiger partial charge in [0.05, 0.1) is 33.5 Å². The second-order valence-electron chi connectivity index (χ2n) is 6.51. The maximum atomic E-state index is 12.4. The molecule has 0 radical (unpaired) electrons. The summed E-state index contributed by atoms with van der Waals surface area (Å²) in [6, 6.07) is 4.79. The van der Waals surface area contributed by atoms with Crippen molar-refractivity contribution in [1.29, 1.82) is 0 Å². The number of aromatic nitrogens is 1. The number of benzene rings is 1. The van der Waals surface area contributed by atoms with Crippen LogP contribution < -0.4 is 15.8 Å². The van der Waals surface area contributed by atoms with Gasteiger partial charge in [0.1, 0.15) is 0 Å². The van der Waals surface area contributed by atoms with Gasteiger partial charge < -0.3 is 11.1 Å². The van der Waals surface area contributed by atoms with Crippen LogP contribution in [0.3, 0.4) is 0 Å². The number of nitrogens with two attached hydrogens (primary N) is 1. The number of nitrogens with zero attached hydrogens (tertiary/aromatic N) is 1. The number of sulfonamides is 1. The predicted molar refractivity (Wildman–Crippen MR) is 97.7 cm³/mol. The summed E-state index contributed by atoms with van der Waals surface area (Å²) in [6.45, 7) is 6.47. The van der Waals surface area contributed by atoms with Crippen molar-refractivity contribution in [3.8, 4) is 0 Å². The maximum absolute atomic E-state index is 12.4. The van der Waals surface area contributed by atoms with Crippen molar-refractivity contribution in [2.45, 2.75) is 50.6 Å². The highest BCUT2D eigenvalue weighted by molar-refractivity contribution is 7.89. The van der Waals surface area contributed by atoms with E-state index in [-0.39, 0.29) is 10.4 Å². The summed E-state index contributed by atoms with van der Waals surface area (Å²) in [5.74, 6) is 0. The van der Waals surface area contributed by atoms with E-state index >= 15 is 0 Å². The molecule has 0 spiro atoms. The Hall–Kier alpha value is -1.64. The molecule has 1 aliphatic rings. The number of aryl methyl sites for hydroxylation is 2. The first-order valence-electron chi connectivity index (χ1n) is 7.79. The minimum absolute atomic E-state index is 0.198. The summed E-state index contributed by atoms with van der Waals surface area (Å²) in [5, 5.41) is 4.28. The zero-order chi connectivity index (χ0) is 17.5. The first-order chi connectivity index (χ1) is 11.2. The topological polar surface area (TPSA) is 97.1 Å². The number of nitrogens with one attached hydrogen (secondary N) is 2. The third-order valence-electron chi connectivity index (χ3n) is 4.15. The molecule has 1 aromatic heterocycles. The molecule has 6 nitrogen and oxygen atoms in total. The van der Waals surface area contributed by atoms with Gasteiger partial charge in [-0.2, -0.15) is 0 Å². The third kappa shape index (κ3) is 3.71. The minimum Gasteiger partial charge on any atom is -0.397 e. The monoisotopic (exact) mass is 366 g/mol. The van der Waals surface area contributed by atoms with E-state index in [1.807, 2.05) is 20.8 Å². The molecule has 4 N–H and O–H groups in total. The molecule has 0 amide bonds. The zero-order valence-corrected chi connectivity index (χ0v) is 15.6. The minimum atomic E-state index is -3.53. The van der Waals surface area contributed by atoms with E-state index in [0.29, 0.717) is 12.2 Å². The summed E-state index contributed by atoms with van der Waals surface area (Å²) < 4.78 is 27.5. The van der Waals surface area contributed by atoms with Gasteiger partial charge in [-0.3, -0.25) is 0 Å². The normalized spacial score (nSPS) is 16.1. The van der Waals surface area contributed by atoms with Crippen molar-refractivity contribution in [3.05, 3.63) is 33.8 Å². The Kier molecular flexibility index (Phi) is 4.31. The van der Waals surface area contributed by atoms with Gasteiger partial charge in [-0.15, -0.1) is 11.3 Å². The van der Waals surface area contributed by atoms with E-state index in [1.165, 1.54) is 6.07 Å². The number of rotatable bonds is 6. The van der Waals surface area contributed by atoms with E-state index in [9.17, 15) is 8.42 Å². The van der Waals surface area contributed by atoms with Gasteiger partial charge in [-0.05, 0) is 51.8 Å². The number of hydrogen-bond acceptors (Lipinski definition) is 6. The molecule has 1 fully saturated rings. The largest absolute Gasteiger partial charge is 0.397 e. The molecule has 2 aromatic rings. The third-order valence-corrected chi connectivity index (χ3v) is 6.86. The van der Waals surface area contributed by atoms with Crippen LogP contribution in [-0.4, -0.2) is 18.9 Å². The van der Waals surface area contributed by atoms with Crippen LogP contribution in [0.5, 0.6) is 0 Å². The van der Waals surface area contributed by atoms with Crippen molar-refractivity contribution in [3.63, 3.8) is 0 Å². The molecule has 0 aliphatic heterocycles. The fraction of sp³-hybridized carbons (Fsp3) is 0.438. The Morgan fingerprint density at radius 1 is 1.33 bits per heavy atom. The lowest BCUT2D eigenvalue weighted by molar-refractivity contribution is 0.558. The van der Waals surface area contributed by atoms with Crippen LogP contribution in [0.4, 0.5) is 11.4 Å². The quantitative estimate of drug-likeness (QED) is 0.683. The van der Waals surface area contributed by atoms with Gasteiger partial charge in [0, 0.05) is 10.4 Å². The van der Waals surface area contributed by atoms with Gasteiger partial charge in [-0.1, -0.05) is 0 Å². The summed E-state index contributed by atoms with van der Waals surface area (Å²) >= 11 is 1.64. The molecule has 3 rings (SSSR count). The highest BCUT2D eigenvalue weighted by Gasteiger charge is 2.41. The van der Waals surface area contributed by atoms with E-state index in [0.717, 1.165) is 34.1 Å². The van der Waals surface area contributed by atoms with Crippen molar-refractivity contribution in [2.75, 3.05) is 11.1 Å². The lowest BCUT2D eigenvalue weighted by atomic mass is 10.2. The van der Waals surface area contributed by atoms with Crippen LogP contribution in [-0.2, 0) is 16.6 Å². The first kappa shape index (κ1) is 17.2. The molecule has 1 heterocycles. The molecule has 1 saturated carbocycles. The van der Waals surface area contributed by atoms with Gasteiger partial charge in [0.2, 0.25) is 10.0 Å². The highest BCUT2D eigenvalue weighted by Crippen LogP contribution is 2.36. The smallest absolute Gasteiger partial charge is 0.241 e. The molecular weight excluding hydrogens is 344 g/mol. The van der Waals surface area contributed by atoms with E-state index in [2.05, 4.69) is 15.0 Å². The van der Waals surface area contributed by atoms with Gasteiger partial charge in [-0.25, -0.2) is 18.1 Å². The van der Waals surface area contributed by atoms with Crippen LogP contribution >= 0.6 is 11.3 Å². The summed E-state index contributed by atoms with van der Waals surface area (Å²) in [4.78, 5) is 5.73. The standard InChI is InChI=1S/C16H22N4O2S2/c1-10-15(23-11(2)19-10)9-18-14-5-4-12(8-13(14)17)24(21,22)20-16(3)6-7-16/h4-5,8,18,20H,6-7,9,17H2,1-3H3.